The van der Waals surface area contributed by atoms with E-state index in [1.165, 1.54) is 5.56 Å². The molecule has 1 aromatic rings. The van der Waals surface area contributed by atoms with Crippen molar-refractivity contribution in [3.63, 3.8) is 0 Å². The monoisotopic (exact) mass is 404 g/mol. The minimum atomic E-state index is -0.866. The highest BCUT2D eigenvalue weighted by Crippen LogP contribution is 2.59. The molecule has 3 aliphatic rings. The SMILES string of the molecule is COc1ccc2c(c1O)[C@@]13CCN(C)[C@@H](C2)[C@H]1CC(OC)[C@@H](NC(C)C(=O)O)C3. The number of aromatic hydroxyl groups is 1. The van der Waals surface area contributed by atoms with Crippen LogP contribution in [0.1, 0.15) is 37.3 Å². The average Bonchev–Trinajstić information content (AvgIpc) is 2.70. The predicted octanol–water partition coefficient (Wildman–Crippen LogP) is 1.76. The third-order valence-electron chi connectivity index (χ3n) is 7.68. The molecule has 4 rings (SSSR count). The van der Waals surface area contributed by atoms with Crippen LogP contribution in [0.2, 0.25) is 0 Å². The molecule has 2 bridgehead atoms. The molecule has 1 aliphatic heterocycles. The maximum absolute atomic E-state index is 11.5. The van der Waals surface area contributed by atoms with Gasteiger partial charge >= 0.3 is 5.97 Å². The number of carboxylic acids is 1. The van der Waals surface area contributed by atoms with Gasteiger partial charge in [0.25, 0.3) is 0 Å². The fourth-order valence-corrected chi connectivity index (χ4v) is 6.24. The molecule has 2 fully saturated rings. The van der Waals surface area contributed by atoms with Gasteiger partial charge in [0.2, 0.25) is 0 Å². The van der Waals surface area contributed by atoms with Crippen molar-refractivity contribution in [1.29, 1.82) is 0 Å². The second-order valence-electron chi connectivity index (χ2n) is 8.96. The van der Waals surface area contributed by atoms with Crippen molar-refractivity contribution in [2.75, 3.05) is 27.8 Å². The Hall–Kier alpha value is -1.83. The van der Waals surface area contributed by atoms with E-state index in [0.29, 0.717) is 17.7 Å². The van der Waals surface area contributed by atoms with E-state index in [-0.39, 0.29) is 23.3 Å². The summed E-state index contributed by atoms with van der Waals surface area (Å²) in [6, 6.07) is 3.57. The fourth-order valence-electron chi connectivity index (χ4n) is 6.24. The van der Waals surface area contributed by atoms with E-state index < -0.39 is 12.0 Å². The number of phenols is 1. The molecule has 2 unspecified atom stereocenters. The topological polar surface area (TPSA) is 91.3 Å². The molecule has 1 saturated carbocycles. The Morgan fingerprint density at radius 3 is 2.79 bits per heavy atom. The minimum absolute atomic E-state index is 0.0572. The van der Waals surface area contributed by atoms with Crippen LogP contribution in [0.5, 0.6) is 11.5 Å². The molecule has 0 radical (unpaired) electrons. The summed E-state index contributed by atoms with van der Waals surface area (Å²) in [6.45, 7) is 2.63. The van der Waals surface area contributed by atoms with Crippen LogP contribution in [0.3, 0.4) is 0 Å². The van der Waals surface area contributed by atoms with Gasteiger partial charge in [0.05, 0.1) is 13.2 Å². The second kappa shape index (κ2) is 7.45. The Morgan fingerprint density at radius 1 is 1.38 bits per heavy atom. The normalized spacial score (nSPS) is 34.8. The van der Waals surface area contributed by atoms with Crippen LogP contribution in [0, 0.1) is 5.92 Å². The van der Waals surface area contributed by atoms with Gasteiger partial charge in [-0.1, -0.05) is 6.07 Å². The Bertz CT molecular complexity index is 800. The van der Waals surface area contributed by atoms with Crippen LogP contribution < -0.4 is 10.1 Å². The van der Waals surface area contributed by atoms with Gasteiger partial charge in [0, 0.05) is 30.2 Å². The zero-order valence-electron chi connectivity index (χ0n) is 17.6. The Labute approximate surface area is 172 Å². The van der Waals surface area contributed by atoms with Crippen molar-refractivity contribution < 1.29 is 24.5 Å². The molecule has 0 aromatic heterocycles. The maximum atomic E-state index is 11.5. The van der Waals surface area contributed by atoms with Gasteiger partial charge < -0.3 is 24.6 Å². The molecule has 7 nitrogen and oxygen atoms in total. The van der Waals surface area contributed by atoms with Gasteiger partial charge in [0.1, 0.15) is 6.04 Å². The molecule has 3 N–H and O–H groups in total. The van der Waals surface area contributed by atoms with Crippen LogP contribution in [-0.4, -0.2) is 73.1 Å². The number of hydrogen-bond donors (Lipinski definition) is 3. The quantitative estimate of drug-likeness (QED) is 0.689. The summed E-state index contributed by atoms with van der Waals surface area (Å²) in [6.07, 6.45) is 3.35. The number of likely N-dealkylation sites (N-methyl/N-ethyl adjacent to an activating group) is 1. The summed E-state index contributed by atoms with van der Waals surface area (Å²) < 4.78 is 11.3. The van der Waals surface area contributed by atoms with E-state index in [4.69, 9.17) is 9.47 Å². The number of fused-ring (bicyclic) bond motifs is 1. The third-order valence-corrected chi connectivity index (χ3v) is 7.68. The number of aliphatic carboxylic acids is 1. The second-order valence-corrected chi connectivity index (χ2v) is 8.96. The number of nitrogens with zero attached hydrogens (tertiary/aromatic N) is 1. The molecule has 2 aliphatic carbocycles. The lowest BCUT2D eigenvalue weighted by Crippen LogP contribution is -2.66. The van der Waals surface area contributed by atoms with Gasteiger partial charge in [-0.3, -0.25) is 10.1 Å². The first-order valence-corrected chi connectivity index (χ1v) is 10.4. The number of piperidine rings is 1. The molecular weight excluding hydrogens is 372 g/mol. The number of phenolic OH excluding ortho intramolecular Hbond substituents is 1. The number of nitrogens with one attached hydrogen (secondary N) is 1. The van der Waals surface area contributed by atoms with Crippen molar-refractivity contribution in [2.24, 2.45) is 5.92 Å². The van der Waals surface area contributed by atoms with E-state index in [1.807, 2.05) is 6.07 Å². The number of benzene rings is 1. The first-order chi connectivity index (χ1) is 13.8. The smallest absolute Gasteiger partial charge is 0.320 e. The highest BCUT2D eigenvalue weighted by molar-refractivity contribution is 5.72. The molecule has 160 valence electrons. The third kappa shape index (κ3) is 3.10. The minimum Gasteiger partial charge on any atom is -0.504 e. The van der Waals surface area contributed by atoms with Crippen molar-refractivity contribution in [3.05, 3.63) is 23.3 Å². The highest BCUT2D eigenvalue weighted by atomic mass is 16.5. The maximum Gasteiger partial charge on any atom is 0.320 e. The van der Waals surface area contributed by atoms with E-state index >= 15 is 0 Å². The zero-order chi connectivity index (χ0) is 20.9. The average molecular weight is 405 g/mol. The van der Waals surface area contributed by atoms with E-state index in [9.17, 15) is 15.0 Å². The van der Waals surface area contributed by atoms with Crippen LogP contribution in [0.15, 0.2) is 12.1 Å². The summed E-state index contributed by atoms with van der Waals surface area (Å²) >= 11 is 0. The number of carboxylic acid groups (broad SMARTS) is 1. The molecule has 1 heterocycles. The zero-order valence-corrected chi connectivity index (χ0v) is 17.6. The Kier molecular flexibility index (Phi) is 5.25. The molecule has 29 heavy (non-hydrogen) atoms. The van der Waals surface area contributed by atoms with E-state index in [0.717, 1.165) is 37.8 Å². The van der Waals surface area contributed by atoms with Crippen molar-refractivity contribution >= 4 is 5.97 Å². The largest absolute Gasteiger partial charge is 0.504 e. The predicted molar refractivity (Wildman–Crippen MR) is 109 cm³/mol. The van der Waals surface area contributed by atoms with Gasteiger partial charge in [0.15, 0.2) is 11.5 Å². The summed E-state index contributed by atoms with van der Waals surface area (Å²) in [7, 11) is 5.47. The van der Waals surface area contributed by atoms with Gasteiger partial charge in [-0.2, -0.15) is 0 Å². The first-order valence-electron chi connectivity index (χ1n) is 10.4. The summed E-state index contributed by atoms with van der Waals surface area (Å²) in [5.74, 6) is 0.231. The molecular formula is C22H32N2O5. The molecule has 7 heteroatoms. The first kappa shape index (κ1) is 20.4. The molecule has 0 amide bonds. The Morgan fingerprint density at radius 2 is 2.14 bits per heavy atom. The summed E-state index contributed by atoms with van der Waals surface area (Å²) in [5, 5.41) is 23.8. The van der Waals surface area contributed by atoms with Crippen LogP contribution in [0.25, 0.3) is 0 Å². The molecule has 0 spiro atoms. The number of methoxy groups -OCH3 is 2. The molecule has 1 aromatic carbocycles. The van der Waals surface area contributed by atoms with Gasteiger partial charge in [-0.05, 0) is 63.7 Å². The molecule has 1 saturated heterocycles. The highest BCUT2D eigenvalue weighted by Gasteiger charge is 2.58. The van der Waals surface area contributed by atoms with Crippen molar-refractivity contribution in [2.45, 2.75) is 62.3 Å². The van der Waals surface area contributed by atoms with Crippen LogP contribution in [-0.2, 0) is 21.4 Å². The summed E-state index contributed by atoms with van der Waals surface area (Å²) in [4.78, 5) is 13.9. The van der Waals surface area contributed by atoms with Crippen molar-refractivity contribution in [1.82, 2.24) is 10.2 Å². The lowest BCUT2D eigenvalue weighted by atomic mass is 9.51. The number of rotatable bonds is 5. The van der Waals surface area contributed by atoms with E-state index in [1.54, 1.807) is 21.1 Å². The summed E-state index contributed by atoms with van der Waals surface area (Å²) in [5.41, 5.74) is 1.97. The van der Waals surface area contributed by atoms with Crippen LogP contribution >= 0.6 is 0 Å². The number of likely N-dealkylation sites (tertiary alicyclic amines) is 1. The van der Waals surface area contributed by atoms with Crippen LogP contribution in [0.4, 0.5) is 0 Å². The lowest BCUT2D eigenvalue weighted by molar-refractivity contribution is -0.140. The van der Waals surface area contributed by atoms with Crippen molar-refractivity contribution in [3.8, 4) is 11.5 Å². The van der Waals surface area contributed by atoms with E-state index in [2.05, 4.69) is 23.3 Å². The number of ether oxygens (including phenoxy) is 2. The Balaban J connectivity index is 1.81. The fraction of sp³-hybridized carbons (Fsp3) is 0.682. The van der Waals surface area contributed by atoms with Gasteiger partial charge in [-0.15, -0.1) is 0 Å². The standard InChI is InChI=1S/C22H32N2O5/c1-12(21(26)27)23-15-11-22-7-8-24(2)16(14(22)10-18(15)29-4)9-13-5-6-17(28-3)20(25)19(13)22/h5-6,12,14-16,18,23,25H,7-11H2,1-4H3,(H,26,27)/t12?,14-,15+,16+,18?,22-/m1/s1. The van der Waals surface area contributed by atoms with Gasteiger partial charge in [-0.25, -0.2) is 0 Å². The molecule has 6 atom stereocenters. The lowest BCUT2D eigenvalue weighted by Gasteiger charge is -2.61. The number of carbonyl (C=O) groups is 1. The number of hydrogen-bond acceptors (Lipinski definition) is 6.